The summed E-state index contributed by atoms with van der Waals surface area (Å²) < 4.78 is 20.4. The first-order valence-electron chi connectivity index (χ1n) is 15.6. The van der Waals surface area contributed by atoms with E-state index in [1.165, 1.54) is 10.0 Å². The van der Waals surface area contributed by atoms with Gasteiger partial charge >= 0.3 is 24.4 Å². The molecule has 2 unspecified atom stereocenters. The molecule has 0 saturated carbocycles. The fourth-order valence-corrected chi connectivity index (χ4v) is 4.39. The number of allylic oxidation sites excluding steroid dienone is 4. The fraction of sp³-hybridized carbons (Fsp3) is 0.389. The summed E-state index contributed by atoms with van der Waals surface area (Å²) in [5.74, 6) is 0. The molecular formula is C36H44N4O8. The highest BCUT2D eigenvalue weighted by Crippen LogP contribution is 2.34. The number of hydrazine groups is 1. The maximum absolute atomic E-state index is 12.5. The van der Waals surface area contributed by atoms with Gasteiger partial charge in [0.05, 0.1) is 12.1 Å². The molecular weight excluding hydrogens is 616 g/mol. The lowest BCUT2D eigenvalue weighted by molar-refractivity contribution is -0.0430. The van der Waals surface area contributed by atoms with E-state index in [-0.39, 0.29) is 25.3 Å². The Morgan fingerprint density at radius 1 is 0.646 bits per heavy atom. The zero-order valence-electron chi connectivity index (χ0n) is 28.3. The highest BCUT2D eigenvalue weighted by molar-refractivity contribution is 5.77. The van der Waals surface area contributed by atoms with Crippen LogP contribution in [-0.4, -0.2) is 57.7 Å². The molecule has 2 aliphatic carbocycles. The Hall–Kier alpha value is -5.26. The number of nitrogens with zero attached hydrogens (tertiary/aromatic N) is 4. The molecule has 1 saturated heterocycles. The SMILES string of the molecule is C1=CCC=C1.CC(C)(C)OC(=O)N1C2C=CC(C2)N1C(=O)OCc1ccccc1.CC(C)(C)OC(=O)N=NC(=O)OCc1ccccc1. The van der Waals surface area contributed by atoms with Crippen LogP contribution in [0.2, 0.25) is 0 Å². The topological polar surface area (TPSA) is 136 Å². The average Bonchev–Trinajstić information content (AvgIpc) is 3.82. The minimum absolute atomic E-state index is 0.0764. The molecule has 5 rings (SSSR count). The van der Waals surface area contributed by atoms with Gasteiger partial charge in [-0.2, -0.15) is 0 Å². The summed E-state index contributed by atoms with van der Waals surface area (Å²) in [6.07, 6.45) is 11.1. The van der Waals surface area contributed by atoms with Gasteiger partial charge in [-0.25, -0.2) is 29.2 Å². The summed E-state index contributed by atoms with van der Waals surface area (Å²) in [7, 11) is 0. The Morgan fingerprint density at radius 3 is 1.56 bits per heavy atom. The largest absolute Gasteiger partial charge is 0.453 e. The summed E-state index contributed by atoms with van der Waals surface area (Å²) >= 11 is 0. The first-order chi connectivity index (χ1) is 22.7. The van der Waals surface area contributed by atoms with Crippen molar-refractivity contribution in [3.05, 3.63) is 108 Å². The summed E-state index contributed by atoms with van der Waals surface area (Å²) in [4.78, 5) is 47.3. The zero-order valence-corrected chi connectivity index (χ0v) is 28.3. The quantitative estimate of drug-likeness (QED) is 0.180. The number of fused-ring (bicyclic) bond motifs is 2. The summed E-state index contributed by atoms with van der Waals surface area (Å²) in [6, 6.07) is 18.2. The Bertz CT molecular complexity index is 1480. The second kappa shape index (κ2) is 17.6. The smallest absolute Gasteiger partial charge is 0.443 e. The molecule has 256 valence electrons. The predicted octanol–water partition coefficient (Wildman–Crippen LogP) is 8.70. The molecule has 2 aromatic rings. The van der Waals surface area contributed by atoms with E-state index in [1.807, 2.05) is 60.7 Å². The van der Waals surface area contributed by atoms with Crippen molar-refractivity contribution in [1.29, 1.82) is 0 Å². The van der Waals surface area contributed by atoms with Crippen molar-refractivity contribution in [1.82, 2.24) is 10.0 Å². The first kappa shape index (κ1) is 37.2. The maximum Gasteiger partial charge on any atom is 0.453 e. The van der Waals surface area contributed by atoms with Gasteiger partial charge in [0.25, 0.3) is 0 Å². The lowest BCUT2D eigenvalue weighted by Crippen LogP contribution is -2.53. The van der Waals surface area contributed by atoms with Gasteiger partial charge in [-0.05, 0) is 65.5 Å². The third-order valence-electron chi connectivity index (χ3n) is 6.34. The molecule has 0 aromatic heterocycles. The fourth-order valence-electron chi connectivity index (χ4n) is 4.39. The number of benzene rings is 2. The van der Waals surface area contributed by atoms with Crippen LogP contribution in [0.15, 0.2) is 107 Å². The van der Waals surface area contributed by atoms with Crippen molar-refractivity contribution >= 4 is 24.4 Å². The highest BCUT2D eigenvalue weighted by atomic mass is 16.6. The number of hydrogen-bond donors (Lipinski definition) is 0. The van der Waals surface area contributed by atoms with Gasteiger partial charge in [0.2, 0.25) is 0 Å². The Morgan fingerprint density at radius 2 is 1.10 bits per heavy atom. The van der Waals surface area contributed by atoms with Crippen LogP contribution in [-0.2, 0) is 32.2 Å². The number of rotatable bonds is 4. The van der Waals surface area contributed by atoms with Crippen LogP contribution < -0.4 is 0 Å². The van der Waals surface area contributed by atoms with Crippen LogP contribution in [0.1, 0.15) is 65.5 Å². The van der Waals surface area contributed by atoms with Crippen LogP contribution in [0.3, 0.4) is 0 Å². The van der Waals surface area contributed by atoms with Crippen LogP contribution in [0.5, 0.6) is 0 Å². The molecule has 0 radical (unpaired) electrons. The Labute approximate surface area is 281 Å². The molecule has 2 aromatic carbocycles. The third kappa shape index (κ3) is 13.2. The van der Waals surface area contributed by atoms with E-state index in [2.05, 4.69) is 34.5 Å². The van der Waals surface area contributed by atoms with Gasteiger partial charge in [0.1, 0.15) is 24.4 Å². The van der Waals surface area contributed by atoms with E-state index in [4.69, 9.17) is 18.9 Å². The average molecular weight is 661 g/mol. The molecule has 1 aliphatic heterocycles. The molecule has 0 N–H and O–H groups in total. The molecule has 2 bridgehead atoms. The molecule has 4 amide bonds. The van der Waals surface area contributed by atoms with Crippen LogP contribution in [0, 0.1) is 0 Å². The molecule has 2 atom stereocenters. The zero-order chi connectivity index (χ0) is 35.2. The number of carbonyl (C=O) groups excluding carboxylic acids is 4. The molecule has 1 fully saturated rings. The number of amides is 4. The summed E-state index contributed by atoms with van der Waals surface area (Å²) in [6.45, 7) is 10.7. The Balaban J connectivity index is 0.000000232. The minimum atomic E-state index is -0.935. The number of azo groups is 1. The summed E-state index contributed by atoms with van der Waals surface area (Å²) in [5.41, 5.74) is 0.421. The van der Waals surface area contributed by atoms with Gasteiger partial charge in [-0.1, -0.05) is 107 Å². The third-order valence-corrected chi connectivity index (χ3v) is 6.34. The standard InChI is InChI=1S/C18H22N2O4.C13H16N2O4.C5H6/c1-18(2,3)24-17(22)20-15-10-9-14(11-15)19(20)16(21)23-12-13-7-5-4-6-8-13;1-13(2,3)19-12(17)15-14-11(16)18-9-10-7-5-4-6-8-10;1-2-4-5-3-1/h4-10,14-15H,11-12H2,1-3H3;4-8H,9H2,1-3H3;1-4H,5H2. The molecule has 48 heavy (non-hydrogen) atoms. The van der Waals surface area contributed by atoms with E-state index in [0.29, 0.717) is 6.42 Å². The van der Waals surface area contributed by atoms with Crippen LogP contribution in [0.4, 0.5) is 19.2 Å². The van der Waals surface area contributed by atoms with Crippen LogP contribution in [0.25, 0.3) is 0 Å². The van der Waals surface area contributed by atoms with E-state index in [9.17, 15) is 19.2 Å². The van der Waals surface area contributed by atoms with E-state index in [1.54, 1.807) is 53.7 Å². The molecule has 0 spiro atoms. The number of ether oxygens (including phenoxy) is 4. The van der Waals surface area contributed by atoms with Gasteiger partial charge in [-0.3, -0.25) is 0 Å². The molecule has 12 heteroatoms. The monoisotopic (exact) mass is 660 g/mol. The molecule has 3 aliphatic rings. The van der Waals surface area contributed by atoms with E-state index in [0.717, 1.165) is 17.5 Å². The van der Waals surface area contributed by atoms with E-state index >= 15 is 0 Å². The summed E-state index contributed by atoms with van der Waals surface area (Å²) in [5, 5.41) is 8.95. The van der Waals surface area contributed by atoms with Gasteiger partial charge < -0.3 is 18.9 Å². The van der Waals surface area contributed by atoms with Crippen molar-refractivity contribution in [2.24, 2.45) is 10.2 Å². The predicted molar refractivity (Wildman–Crippen MR) is 178 cm³/mol. The first-order valence-corrected chi connectivity index (χ1v) is 15.6. The van der Waals surface area contributed by atoms with Crippen molar-refractivity contribution in [2.45, 2.75) is 90.9 Å². The van der Waals surface area contributed by atoms with Crippen molar-refractivity contribution in [3.63, 3.8) is 0 Å². The van der Waals surface area contributed by atoms with E-state index < -0.39 is 35.6 Å². The van der Waals surface area contributed by atoms with Gasteiger partial charge in [-0.15, -0.1) is 0 Å². The van der Waals surface area contributed by atoms with Gasteiger partial charge in [0.15, 0.2) is 0 Å². The maximum atomic E-state index is 12.5. The van der Waals surface area contributed by atoms with Crippen molar-refractivity contribution in [3.8, 4) is 0 Å². The van der Waals surface area contributed by atoms with Crippen LogP contribution >= 0.6 is 0 Å². The van der Waals surface area contributed by atoms with Crippen molar-refractivity contribution in [2.75, 3.05) is 0 Å². The Kier molecular flexibility index (Phi) is 13.6. The van der Waals surface area contributed by atoms with Gasteiger partial charge in [0, 0.05) is 0 Å². The second-order valence-corrected chi connectivity index (χ2v) is 12.8. The highest BCUT2D eigenvalue weighted by Gasteiger charge is 2.48. The van der Waals surface area contributed by atoms with Crippen molar-refractivity contribution < 1.29 is 38.1 Å². The second-order valence-electron chi connectivity index (χ2n) is 12.8. The molecule has 1 heterocycles. The lowest BCUT2D eigenvalue weighted by atomic mass is 10.2. The number of carbonyl (C=O) groups is 4. The minimum Gasteiger partial charge on any atom is -0.443 e. The lowest BCUT2D eigenvalue weighted by Gasteiger charge is -2.35. The normalized spacial score (nSPS) is 17.3. The number of hydrogen-bond acceptors (Lipinski definition) is 8. The molecule has 12 nitrogen and oxygen atoms in total.